The van der Waals surface area contributed by atoms with Gasteiger partial charge in [-0.25, -0.2) is 4.68 Å². The van der Waals surface area contributed by atoms with E-state index in [1.807, 2.05) is 0 Å². The summed E-state index contributed by atoms with van der Waals surface area (Å²) in [5.41, 5.74) is -0.0468. The maximum absolute atomic E-state index is 12.9. The molecule has 0 bridgehead atoms. The van der Waals surface area contributed by atoms with Crippen molar-refractivity contribution in [2.24, 2.45) is 0 Å². The maximum Gasteiger partial charge on any atom is 0.433 e. The van der Waals surface area contributed by atoms with Gasteiger partial charge in [-0.1, -0.05) is 0 Å². The molecule has 0 saturated carbocycles. The topological polar surface area (TPSA) is 59.0 Å². The molecule has 0 unspecified atom stereocenters. The summed E-state index contributed by atoms with van der Waals surface area (Å²) in [6.07, 6.45) is -3.38. The first-order valence-electron chi connectivity index (χ1n) is 6.79. The summed E-state index contributed by atoms with van der Waals surface area (Å²) in [5.74, 6) is 1.28. The van der Waals surface area contributed by atoms with E-state index in [2.05, 4.69) is 15.7 Å². The van der Waals surface area contributed by atoms with Crippen molar-refractivity contribution >= 4 is 35.8 Å². The van der Waals surface area contributed by atoms with Gasteiger partial charge in [-0.05, 0) is 30.3 Å². The smallest absolute Gasteiger partial charge is 0.325 e. The molecule has 2 heterocycles. The standard InChI is InChI=1S/C14H13F3N4OS.ClH/c15-14(16,17)12-5-6-19-21(12)10-3-1-9(2-4-10)20-13(22)11-7-23-8-18-11;/h1-6,11,18H,7-8H2,(H,20,22);1H/t11-;/m1./s1. The third-order valence-corrected chi connectivity index (χ3v) is 4.29. The molecule has 3 rings (SSSR count). The number of amides is 1. The Bertz CT molecular complexity index is 699. The summed E-state index contributed by atoms with van der Waals surface area (Å²) in [4.78, 5) is 12.0. The van der Waals surface area contributed by atoms with Gasteiger partial charge in [-0.3, -0.25) is 10.1 Å². The fraction of sp³-hybridized carbons (Fsp3) is 0.286. The number of aromatic nitrogens is 2. The molecule has 24 heavy (non-hydrogen) atoms. The fourth-order valence-corrected chi connectivity index (χ4v) is 3.14. The van der Waals surface area contributed by atoms with E-state index >= 15 is 0 Å². The van der Waals surface area contributed by atoms with Crippen LogP contribution in [0.15, 0.2) is 36.5 Å². The molecule has 1 saturated heterocycles. The summed E-state index contributed by atoms with van der Waals surface area (Å²) < 4.78 is 39.4. The summed E-state index contributed by atoms with van der Waals surface area (Å²) in [6.45, 7) is 0. The third kappa shape index (κ3) is 4.03. The molecule has 2 aromatic rings. The first-order chi connectivity index (χ1) is 10.9. The van der Waals surface area contributed by atoms with Crippen molar-refractivity contribution in [3.8, 4) is 5.69 Å². The Kier molecular flexibility index (Phi) is 5.79. The number of halogens is 4. The molecule has 0 spiro atoms. The highest BCUT2D eigenvalue weighted by Crippen LogP contribution is 2.30. The Morgan fingerprint density at radius 2 is 2.00 bits per heavy atom. The van der Waals surface area contributed by atoms with E-state index in [4.69, 9.17) is 0 Å². The van der Waals surface area contributed by atoms with Gasteiger partial charge in [0.1, 0.15) is 5.69 Å². The fourth-order valence-electron chi connectivity index (χ4n) is 2.20. The van der Waals surface area contributed by atoms with Crippen LogP contribution in [0.4, 0.5) is 18.9 Å². The Labute approximate surface area is 146 Å². The lowest BCUT2D eigenvalue weighted by atomic mass is 10.2. The van der Waals surface area contributed by atoms with Crippen LogP contribution >= 0.6 is 24.2 Å². The van der Waals surface area contributed by atoms with Crippen molar-refractivity contribution in [2.75, 3.05) is 16.9 Å². The van der Waals surface area contributed by atoms with E-state index in [1.165, 1.54) is 12.1 Å². The largest absolute Gasteiger partial charge is 0.433 e. The molecule has 130 valence electrons. The highest BCUT2D eigenvalue weighted by atomic mass is 35.5. The Morgan fingerprint density at radius 1 is 1.29 bits per heavy atom. The van der Waals surface area contributed by atoms with Crippen LogP contribution in [-0.4, -0.2) is 33.4 Å². The van der Waals surface area contributed by atoms with E-state index in [1.54, 1.807) is 23.9 Å². The predicted molar refractivity (Wildman–Crippen MR) is 88.7 cm³/mol. The Hall–Kier alpha value is -1.71. The third-order valence-electron chi connectivity index (χ3n) is 3.35. The lowest BCUT2D eigenvalue weighted by Gasteiger charge is -2.12. The maximum atomic E-state index is 12.9. The zero-order chi connectivity index (χ0) is 16.4. The van der Waals surface area contributed by atoms with Crippen molar-refractivity contribution in [3.63, 3.8) is 0 Å². The lowest BCUT2D eigenvalue weighted by Crippen LogP contribution is -2.37. The van der Waals surface area contributed by atoms with E-state index in [-0.39, 0.29) is 30.0 Å². The number of alkyl halides is 3. The molecule has 1 aliphatic rings. The second-order valence-corrected chi connectivity index (χ2v) is 5.96. The number of hydrogen-bond acceptors (Lipinski definition) is 4. The van der Waals surface area contributed by atoms with Crippen molar-refractivity contribution in [2.45, 2.75) is 12.2 Å². The van der Waals surface area contributed by atoms with E-state index in [9.17, 15) is 18.0 Å². The van der Waals surface area contributed by atoms with Crippen LogP contribution in [0.25, 0.3) is 5.69 Å². The Balaban J connectivity index is 0.00000208. The minimum absolute atomic E-state index is 0. The van der Waals surface area contributed by atoms with E-state index < -0.39 is 11.9 Å². The van der Waals surface area contributed by atoms with Crippen LogP contribution in [0.2, 0.25) is 0 Å². The van der Waals surface area contributed by atoms with Crippen LogP contribution in [0.3, 0.4) is 0 Å². The van der Waals surface area contributed by atoms with Gasteiger partial charge in [0.05, 0.1) is 17.9 Å². The number of carbonyl (C=O) groups excluding carboxylic acids is 1. The molecule has 10 heteroatoms. The molecule has 1 aromatic heterocycles. The molecule has 0 radical (unpaired) electrons. The van der Waals surface area contributed by atoms with Gasteiger partial charge in [0, 0.05) is 17.3 Å². The highest BCUT2D eigenvalue weighted by molar-refractivity contribution is 7.99. The molecule has 1 amide bonds. The van der Waals surface area contributed by atoms with Crippen LogP contribution in [0, 0.1) is 0 Å². The molecule has 1 aliphatic heterocycles. The minimum Gasteiger partial charge on any atom is -0.325 e. The number of carbonyl (C=O) groups is 1. The van der Waals surface area contributed by atoms with Crippen molar-refractivity contribution < 1.29 is 18.0 Å². The first-order valence-corrected chi connectivity index (χ1v) is 7.94. The molecular formula is C14H14ClF3N4OS. The summed E-state index contributed by atoms with van der Waals surface area (Å²) >= 11 is 1.64. The number of thioether (sulfide) groups is 1. The van der Waals surface area contributed by atoms with Gasteiger partial charge < -0.3 is 5.32 Å². The number of rotatable bonds is 3. The number of anilines is 1. The second kappa shape index (κ2) is 7.45. The van der Waals surface area contributed by atoms with Gasteiger partial charge in [0.25, 0.3) is 0 Å². The summed E-state index contributed by atoms with van der Waals surface area (Å²) in [6, 6.07) is 6.74. The van der Waals surface area contributed by atoms with Gasteiger partial charge in [0.15, 0.2) is 0 Å². The number of benzene rings is 1. The monoisotopic (exact) mass is 378 g/mol. The average Bonchev–Trinajstić information content (AvgIpc) is 3.19. The normalized spacial score (nSPS) is 17.4. The van der Waals surface area contributed by atoms with Gasteiger partial charge >= 0.3 is 6.18 Å². The summed E-state index contributed by atoms with van der Waals surface area (Å²) in [5, 5.41) is 9.48. The number of hydrogen-bond donors (Lipinski definition) is 2. The molecule has 1 fully saturated rings. The van der Waals surface area contributed by atoms with Gasteiger partial charge in [-0.2, -0.15) is 18.3 Å². The molecule has 1 aromatic carbocycles. The predicted octanol–water partition coefficient (Wildman–Crippen LogP) is 2.91. The SMILES string of the molecule is Cl.O=C(Nc1ccc(-n2nccc2C(F)(F)F)cc1)[C@H]1CSCN1. The number of nitrogens with one attached hydrogen (secondary N) is 2. The van der Waals surface area contributed by atoms with Gasteiger partial charge in [-0.15, -0.1) is 24.2 Å². The first kappa shape index (κ1) is 18.6. The zero-order valence-electron chi connectivity index (χ0n) is 12.2. The molecule has 5 nitrogen and oxygen atoms in total. The minimum atomic E-state index is -4.48. The second-order valence-electron chi connectivity index (χ2n) is 4.93. The lowest BCUT2D eigenvalue weighted by molar-refractivity contribution is -0.142. The van der Waals surface area contributed by atoms with Crippen molar-refractivity contribution in [3.05, 3.63) is 42.2 Å². The van der Waals surface area contributed by atoms with E-state index in [0.717, 1.165) is 22.8 Å². The van der Waals surface area contributed by atoms with Crippen LogP contribution < -0.4 is 10.6 Å². The molecule has 2 N–H and O–H groups in total. The molecule has 1 atom stereocenters. The van der Waals surface area contributed by atoms with Gasteiger partial charge in [0.2, 0.25) is 5.91 Å². The quantitative estimate of drug-likeness (QED) is 0.862. The zero-order valence-corrected chi connectivity index (χ0v) is 13.8. The van der Waals surface area contributed by atoms with Crippen molar-refractivity contribution in [1.82, 2.24) is 15.1 Å². The van der Waals surface area contributed by atoms with Crippen LogP contribution in [0.5, 0.6) is 0 Å². The number of nitrogens with zero attached hydrogens (tertiary/aromatic N) is 2. The van der Waals surface area contributed by atoms with Crippen LogP contribution in [0.1, 0.15) is 5.69 Å². The van der Waals surface area contributed by atoms with E-state index in [0.29, 0.717) is 11.4 Å². The molecular weight excluding hydrogens is 365 g/mol. The van der Waals surface area contributed by atoms with Crippen LogP contribution in [-0.2, 0) is 11.0 Å². The highest BCUT2D eigenvalue weighted by Gasteiger charge is 2.35. The molecule has 0 aliphatic carbocycles. The Morgan fingerprint density at radius 3 is 2.58 bits per heavy atom. The summed E-state index contributed by atoms with van der Waals surface area (Å²) in [7, 11) is 0. The van der Waals surface area contributed by atoms with Crippen molar-refractivity contribution in [1.29, 1.82) is 0 Å². The average molecular weight is 379 g/mol.